The second-order valence-electron chi connectivity index (χ2n) is 5.59. The highest BCUT2D eigenvalue weighted by atomic mass is 19.1. The maximum Gasteiger partial charge on any atom is 0.112 e. The van der Waals surface area contributed by atoms with Crippen molar-refractivity contribution in [1.29, 1.82) is 0 Å². The van der Waals surface area contributed by atoms with E-state index in [1.807, 2.05) is 30.3 Å². The van der Waals surface area contributed by atoms with Crippen LogP contribution < -0.4 is 5.73 Å². The molecule has 88 valence electrons. The number of hydrogen-bond donors (Lipinski definition) is 1. The van der Waals surface area contributed by atoms with Crippen LogP contribution in [0.15, 0.2) is 30.3 Å². The first kappa shape index (κ1) is 11.6. The van der Waals surface area contributed by atoms with Gasteiger partial charge in [-0.05, 0) is 38.7 Å². The first-order valence-electron chi connectivity index (χ1n) is 5.93. The molecular formula is C14H20FN. The Morgan fingerprint density at radius 3 is 2.31 bits per heavy atom. The third kappa shape index (κ3) is 2.62. The molecule has 1 unspecified atom stereocenters. The molecule has 1 fully saturated rings. The van der Waals surface area contributed by atoms with Crippen LogP contribution in [0.2, 0.25) is 0 Å². The van der Waals surface area contributed by atoms with Crippen LogP contribution >= 0.6 is 0 Å². The van der Waals surface area contributed by atoms with Gasteiger partial charge in [-0.25, -0.2) is 4.39 Å². The number of rotatable bonds is 4. The zero-order valence-electron chi connectivity index (χ0n) is 10.0. The average molecular weight is 221 g/mol. The smallest absolute Gasteiger partial charge is 0.112 e. The minimum Gasteiger partial charge on any atom is -0.325 e. The van der Waals surface area contributed by atoms with E-state index < -0.39 is 5.67 Å². The van der Waals surface area contributed by atoms with Gasteiger partial charge in [-0.3, -0.25) is 0 Å². The SMILES string of the molecule is CC(C)(F)C(CC1(N)CC1)c1ccccc1. The summed E-state index contributed by atoms with van der Waals surface area (Å²) in [5.41, 5.74) is 5.86. The Labute approximate surface area is 96.9 Å². The van der Waals surface area contributed by atoms with Crippen LogP contribution in [0, 0.1) is 0 Å². The third-order valence-electron chi connectivity index (χ3n) is 3.53. The van der Waals surface area contributed by atoms with E-state index in [1.54, 1.807) is 13.8 Å². The Balaban J connectivity index is 2.21. The minimum absolute atomic E-state index is 0.0961. The normalized spacial score (nSPS) is 20.5. The molecule has 1 aromatic carbocycles. The van der Waals surface area contributed by atoms with E-state index in [4.69, 9.17) is 5.73 Å². The number of halogens is 1. The monoisotopic (exact) mass is 221 g/mol. The molecule has 0 heterocycles. The van der Waals surface area contributed by atoms with Crippen LogP contribution in [0.4, 0.5) is 4.39 Å². The maximum absolute atomic E-state index is 14.2. The van der Waals surface area contributed by atoms with Crippen molar-refractivity contribution in [2.75, 3.05) is 0 Å². The van der Waals surface area contributed by atoms with Crippen LogP contribution in [0.5, 0.6) is 0 Å². The third-order valence-corrected chi connectivity index (χ3v) is 3.53. The van der Waals surface area contributed by atoms with E-state index in [0.717, 1.165) is 24.8 Å². The molecule has 16 heavy (non-hydrogen) atoms. The van der Waals surface area contributed by atoms with Gasteiger partial charge in [0.2, 0.25) is 0 Å². The molecule has 0 aromatic heterocycles. The highest BCUT2D eigenvalue weighted by Gasteiger charge is 2.44. The number of nitrogens with two attached hydrogens (primary N) is 1. The van der Waals surface area contributed by atoms with Crippen LogP contribution in [0.1, 0.15) is 44.6 Å². The largest absolute Gasteiger partial charge is 0.325 e. The molecular weight excluding hydrogens is 201 g/mol. The van der Waals surface area contributed by atoms with Crippen molar-refractivity contribution in [2.45, 2.75) is 50.2 Å². The van der Waals surface area contributed by atoms with Crippen LogP contribution in [0.25, 0.3) is 0 Å². The molecule has 2 rings (SSSR count). The topological polar surface area (TPSA) is 26.0 Å². The van der Waals surface area contributed by atoms with Crippen molar-refractivity contribution in [1.82, 2.24) is 0 Å². The lowest BCUT2D eigenvalue weighted by Gasteiger charge is -2.30. The summed E-state index contributed by atoms with van der Waals surface area (Å²) in [4.78, 5) is 0. The van der Waals surface area contributed by atoms with E-state index in [-0.39, 0.29) is 11.5 Å². The second kappa shape index (κ2) is 3.85. The molecule has 1 atom stereocenters. The molecule has 0 bridgehead atoms. The Morgan fingerprint density at radius 1 is 1.31 bits per heavy atom. The summed E-state index contributed by atoms with van der Waals surface area (Å²) in [6.07, 6.45) is 2.82. The fourth-order valence-electron chi connectivity index (χ4n) is 2.21. The van der Waals surface area contributed by atoms with Gasteiger partial charge in [-0.2, -0.15) is 0 Å². The van der Waals surface area contributed by atoms with E-state index in [9.17, 15) is 4.39 Å². The van der Waals surface area contributed by atoms with Gasteiger partial charge < -0.3 is 5.73 Å². The quantitative estimate of drug-likeness (QED) is 0.828. The van der Waals surface area contributed by atoms with Gasteiger partial charge in [-0.15, -0.1) is 0 Å². The summed E-state index contributed by atoms with van der Waals surface area (Å²) in [7, 11) is 0. The first-order valence-corrected chi connectivity index (χ1v) is 5.93. The Kier molecular flexibility index (Phi) is 2.79. The fourth-order valence-corrected chi connectivity index (χ4v) is 2.21. The molecule has 2 N–H and O–H groups in total. The van der Waals surface area contributed by atoms with Crippen LogP contribution in [-0.4, -0.2) is 11.2 Å². The van der Waals surface area contributed by atoms with Crippen LogP contribution in [0.3, 0.4) is 0 Å². The van der Waals surface area contributed by atoms with Crippen molar-refractivity contribution in [3.05, 3.63) is 35.9 Å². The number of hydrogen-bond acceptors (Lipinski definition) is 1. The summed E-state index contributed by atoms with van der Waals surface area (Å²) >= 11 is 0. The highest BCUT2D eigenvalue weighted by molar-refractivity contribution is 5.24. The lowest BCUT2D eigenvalue weighted by molar-refractivity contribution is 0.157. The Hall–Kier alpha value is -0.890. The van der Waals surface area contributed by atoms with Gasteiger partial charge in [0.1, 0.15) is 5.67 Å². The second-order valence-corrected chi connectivity index (χ2v) is 5.59. The van der Waals surface area contributed by atoms with Gasteiger partial charge in [0.15, 0.2) is 0 Å². The fraction of sp³-hybridized carbons (Fsp3) is 0.571. The predicted molar refractivity (Wildman–Crippen MR) is 65.1 cm³/mol. The summed E-state index contributed by atoms with van der Waals surface area (Å²) in [5.74, 6) is -0.0961. The molecule has 1 aliphatic rings. The van der Waals surface area contributed by atoms with Crippen molar-refractivity contribution in [3.8, 4) is 0 Å². The van der Waals surface area contributed by atoms with E-state index in [0.29, 0.717) is 0 Å². The molecule has 2 heteroatoms. The zero-order valence-corrected chi connectivity index (χ0v) is 10.0. The zero-order chi connectivity index (χ0) is 11.8. The highest BCUT2D eigenvalue weighted by Crippen LogP contribution is 2.45. The molecule has 1 aliphatic carbocycles. The molecule has 0 radical (unpaired) electrons. The van der Waals surface area contributed by atoms with Gasteiger partial charge in [0.05, 0.1) is 0 Å². The molecule has 1 nitrogen and oxygen atoms in total. The molecule has 1 aromatic rings. The van der Waals surface area contributed by atoms with E-state index in [2.05, 4.69) is 0 Å². The van der Waals surface area contributed by atoms with Gasteiger partial charge in [0.25, 0.3) is 0 Å². The Morgan fingerprint density at radius 2 is 1.88 bits per heavy atom. The first-order chi connectivity index (χ1) is 7.41. The lowest BCUT2D eigenvalue weighted by atomic mass is 9.81. The van der Waals surface area contributed by atoms with Crippen molar-refractivity contribution >= 4 is 0 Å². The summed E-state index contributed by atoms with van der Waals surface area (Å²) in [6.45, 7) is 3.30. The molecule has 1 saturated carbocycles. The predicted octanol–water partition coefficient (Wildman–Crippen LogP) is 3.40. The summed E-state index contributed by atoms with van der Waals surface area (Å²) in [6, 6.07) is 9.88. The summed E-state index contributed by atoms with van der Waals surface area (Å²) in [5, 5.41) is 0. The Bertz CT molecular complexity index is 349. The van der Waals surface area contributed by atoms with Crippen LogP contribution in [-0.2, 0) is 0 Å². The van der Waals surface area contributed by atoms with Crippen molar-refractivity contribution in [3.63, 3.8) is 0 Å². The molecule has 0 saturated heterocycles. The minimum atomic E-state index is -1.21. The average Bonchev–Trinajstić information content (AvgIpc) is 2.93. The van der Waals surface area contributed by atoms with Gasteiger partial charge >= 0.3 is 0 Å². The van der Waals surface area contributed by atoms with Crippen molar-refractivity contribution in [2.24, 2.45) is 5.73 Å². The molecule has 0 amide bonds. The maximum atomic E-state index is 14.2. The molecule has 0 aliphatic heterocycles. The van der Waals surface area contributed by atoms with E-state index >= 15 is 0 Å². The standard InChI is InChI=1S/C14H20FN/c1-13(2,15)12(10-14(16)8-9-14)11-6-4-3-5-7-11/h3-7,12H,8-10,16H2,1-2H3. The lowest BCUT2D eigenvalue weighted by Crippen LogP contribution is -2.32. The van der Waals surface area contributed by atoms with Gasteiger partial charge in [-0.1, -0.05) is 30.3 Å². The van der Waals surface area contributed by atoms with Crippen molar-refractivity contribution < 1.29 is 4.39 Å². The van der Waals surface area contributed by atoms with Gasteiger partial charge in [0, 0.05) is 11.5 Å². The summed E-state index contributed by atoms with van der Waals surface area (Å²) < 4.78 is 14.2. The van der Waals surface area contributed by atoms with E-state index in [1.165, 1.54) is 0 Å². The number of alkyl halides is 1. The molecule has 0 spiro atoms. The number of benzene rings is 1.